The van der Waals surface area contributed by atoms with Crippen molar-refractivity contribution < 1.29 is 0 Å². The van der Waals surface area contributed by atoms with Crippen molar-refractivity contribution >= 4 is 43.6 Å². The van der Waals surface area contributed by atoms with Gasteiger partial charge in [0.1, 0.15) is 0 Å². The van der Waals surface area contributed by atoms with E-state index in [1.807, 2.05) is 54.6 Å². The number of hydrogen-bond acceptors (Lipinski definition) is 4. The van der Waals surface area contributed by atoms with Crippen LogP contribution in [0.25, 0.3) is 99.8 Å². The van der Waals surface area contributed by atoms with Crippen molar-refractivity contribution in [1.82, 2.24) is 19.9 Å². The zero-order valence-corrected chi connectivity index (χ0v) is 28.1. The molecule has 4 nitrogen and oxygen atoms in total. The number of fused-ring (bicyclic) bond motifs is 5. The molecule has 10 aromatic rings. The highest BCUT2D eigenvalue weighted by atomic mass is 14.8. The topological polar surface area (TPSA) is 51.6 Å². The van der Waals surface area contributed by atoms with Gasteiger partial charge < -0.3 is 0 Å². The van der Waals surface area contributed by atoms with Crippen molar-refractivity contribution in [3.63, 3.8) is 0 Å². The number of aromatic nitrogens is 4. The Hall–Kier alpha value is -7.04. The molecule has 0 spiro atoms. The largest absolute Gasteiger partial charge is 0.245 e. The molecule has 0 radical (unpaired) electrons. The van der Waals surface area contributed by atoms with Crippen LogP contribution < -0.4 is 0 Å². The lowest BCUT2D eigenvalue weighted by molar-refractivity contribution is 1.29. The summed E-state index contributed by atoms with van der Waals surface area (Å²) in [7, 11) is 0. The Morgan fingerprint density at radius 1 is 0.250 bits per heavy atom. The second-order valence-corrected chi connectivity index (χ2v) is 13.1. The van der Waals surface area contributed by atoms with E-state index in [0.717, 1.165) is 99.8 Å². The van der Waals surface area contributed by atoms with Crippen LogP contribution in [0.2, 0.25) is 0 Å². The normalized spacial score (nSPS) is 11.5. The molecular formula is C48H30N4. The lowest BCUT2D eigenvalue weighted by Gasteiger charge is -2.12. The second-order valence-electron chi connectivity index (χ2n) is 13.1. The van der Waals surface area contributed by atoms with E-state index in [9.17, 15) is 0 Å². The molecule has 3 heterocycles. The summed E-state index contributed by atoms with van der Waals surface area (Å²) < 4.78 is 0. The van der Waals surface area contributed by atoms with Crippen LogP contribution in [0, 0.1) is 0 Å². The molecule has 0 atom stereocenters. The number of nitrogens with zero attached hydrogens (tertiary/aromatic N) is 4. The monoisotopic (exact) mass is 662 g/mol. The fraction of sp³-hybridized carbons (Fsp3) is 0. The average molecular weight is 663 g/mol. The van der Waals surface area contributed by atoms with Crippen LogP contribution in [0.1, 0.15) is 0 Å². The smallest absolute Gasteiger partial charge is 0.0973 e. The van der Waals surface area contributed by atoms with E-state index in [1.54, 1.807) is 0 Å². The maximum Gasteiger partial charge on any atom is 0.0973 e. The summed E-state index contributed by atoms with van der Waals surface area (Å²) in [4.78, 5) is 20.6. The molecule has 0 aliphatic carbocycles. The first-order valence-electron chi connectivity index (χ1n) is 17.5. The first-order chi connectivity index (χ1) is 25.7. The number of benzene rings is 7. The lowest BCUT2D eigenvalue weighted by Crippen LogP contribution is -1.95. The first kappa shape index (κ1) is 29.8. The Bertz CT molecular complexity index is 2940. The molecule has 7 aromatic carbocycles. The van der Waals surface area contributed by atoms with Gasteiger partial charge in [0.15, 0.2) is 0 Å². The molecule has 0 N–H and O–H groups in total. The maximum atomic E-state index is 5.20. The van der Waals surface area contributed by atoms with E-state index in [0.29, 0.717) is 0 Å². The minimum atomic E-state index is 0.867. The predicted octanol–water partition coefficient (Wildman–Crippen LogP) is 12.2. The summed E-state index contributed by atoms with van der Waals surface area (Å²) in [5, 5.41) is 4.48. The third-order valence-electron chi connectivity index (χ3n) is 9.82. The molecule has 0 saturated heterocycles. The summed E-state index contributed by atoms with van der Waals surface area (Å²) in [6.45, 7) is 0. The molecule has 0 amide bonds. The van der Waals surface area contributed by atoms with Crippen LogP contribution in [0.15, 0.2) is 182 Å². The zero-order chi connectivity index (χ0) is 34.4. The molecule has 0 aliphatic heterocycles. The van der Waals surface area contributed by atoms with Gasteiger partial charge >= 0.3 is 0 Å². The van der Waals surface area contributed by atoms with Crippen molar-refractivity contribution in [3.8, 4) is 56.2 Å². The fourth-order valence-corrected chi connectivity index (χ4v) is 7.11. The van der Waals surface area contributed by atoms with Gasteiger partial charge in [0.05, 0.1) is 44.8 Å². The molecule has 10 rings (SSSR count). The van der Waals surface area contributed by atoms with Gasteiger partial charge in [-0.1, -0.05) is 146 Å². The van der Waals surface area contributed by atoms with Crippen LogP contribution in [-0.4, -0.2) is 19.9 Å². The molecule has 0 unspecified atom stereocenters. The highest BCUT2D eigenvalue weighted by molar-refractivity contribution is 6.04. The van der Waals surface area contributed by atoms with Crippen LogP contribution in [0.3, 0.4) is 0 Å². The minimum Gasteiger partial charge on any atom is -0.245 e. The lowest BCUT2D eigenvalue weighted by atomic mass is 9.98. The fourth-order valence-electron chi connectivity index (χ4n) is 7.11. The van der Waals surface area contributed by atoms with Gasteiger partial charge in [-0.2, -0.15) is 0 Å². The van der Waals surface area contributed by atoms with Gasteiger partial charge in [0.2, 0.25) is 0 Å². The molecule has 0 saturated carbocycles. The van der Waals surface area contributed by atoms with E-state index in [4.69, 9.17) is 19.9 Å². The Kier molecular flexibility index (Phi) is 7.10. The molecule has 242 valence electrons. The van der Waals surface area contributed by atoms with E-state index >= 15 is 0 Å². The standard InChI is InChI=1S/C48H30N4/c1-4-10-31(11-5-1)41-25-22-34-16-17-35-23-26-42(50-48(35)47(34)49-41)40-21-20-36-28-37(18-19-38(36)29-40)39-24-27-43-44(30-39)52-46(33-14-8-3-9-15-33)45(51-43)32-12-6-2-7-13-32/h1-30H. The molecule has 52 heavy (non-hydrogen) atoms. The Morgan fingerprint density at radius 2 is 0.673 bits per heavy atom. The van der Waals surface area contributed by atoms with Gasteiger partial charge in [-0.25, -0.2) is 19.9 Å². The van der Waals surface area contributed by atoms with E-state index in [-0.39, 0.29) is 0 Å². The second kappa shape index (κ2) is 12.4. The Balaban J connectivity index is 1.02. The highest BCUT2D eigenvalue weighted by Gasteiger charge is 2.14. The highest BCUT2D eigenvalue weighted by Crippen LogP contribution is 2.34. The summed E-state index contributed by atoms with van der Waals surface area (Å²) >= 11 is 0. The minimum absolute atomic E-state index is 0.867. The first-order valence-corrected chi connectivity index (χ1v) is 17.5. The van der Waals surface area contributed by atoms with Gasteiger partial charge in [0.25, 0.3) is 0 Å². The third kappa shape index (κ3) is 5.34. The Morgan fingerprint density at radius 3 is 1.27 bits per heavy atom. The van der Waals surface area contributed by atoms with Gasteiger partial charge in [0, 0.05) is 33.0 Å². The van der Waals surface area contributed by atoms with Crippen LogP contribution >= 0.6 is 0 Å². The van der Waals surface area contributed by atoms with Crippen LogP contribution in [-0.2, 0) is 0 Å². The average Bonchev–Trinajstić information content (AvgIpc) is 3.23. The number of hydrogen-bond donors (Lipinski definition) is 0. The molecule has 0 aliphatic rings. The van der Waals surface area contributed by atoms with Crippen molar-refractivity contribution in [1.29, 1.82) is 0 Å². The van der Waals surface area contributed by atoms with E-state index in [1.165, 1.54) is 0 Å². The quantitative estimate of drug-likeness (QED) is 0.172. The van der Waals surface area contributed by atoms with Crippen molar-refractivity contribution in [2.24, 2.45) is 0 Å². The van der Waals surface area contributed by atoms with Gasteiger partial charge in [-0.15, -0.1) is 0 Å². The van der Waals surface area contributed by atoms with Crippen molar-refractivity contribution in [3.05, 3.63) is 182 Å². The third-order valence-corrected chi connectivity index (χ3v) is 9.82. The number of pyridine rings is 2. The van der Waals surface area contributed by atoms with Gasteiger partial charge in [-0.05, 0) is 58.3 Å². The molecule has 3 aromatic heterocycles. The van der Waals surface area contributed by atoms with E-state index < -0.39 is 0 Å². The molecule has 4 heteroatoms. The SMILES string of the molecule is c1ccc(-c2ccc3ccc4ccc(-c5ccc6cc(-c7ccc8nc(-c9ccccc9)c(-c9ccccc9)nc8c7)ccc6c5)nc4c3n2)cc1. The Labute approximate surface area is 300 Å². The molecule has 0 fully saturated rings. The summed E-state index contributed by atoms with van der Waals surface area (Å²) in [6, 6.07) is 63.2. The van der Waals surface area contributed by atoms with Gasteiger partial charge in [-0.3, -0.25) is 0 Å². The zero-order valence-electron chi connectivity index (χ0n) is 28.1. The van der Waals surface area contributed by atoms with Crippen LogP contribution in [0.4, 0.5) is 0 Å². The van der Waals surface area contributed by atoms with Crippen molar-refractivity contribution in [2.45, 2.75) is 0 Å². The summed E-state index contributed by atoms with van der Waals surface area (Å²) in [5.74, 6) is 0. The summed E-state index contributed by atoms with van der Waals surface area (Å²) in [5.41, 5.74) is 13.7. The maximum absolute atomic E-state index is 5.20. The van der Waals surface area contributed by atoms with Crippen LogP contribution in [0.5, 0.6) is 0 Å². The predicted molar refractivity (Wildman–Crippen MR) is 215 cm³/mol. The van der Waals surface area contributed by atoms with E-state index in [2.05, 4.69) is 127 Å². The van der Waals surface area contributed by atoms with Crippen molar-refractivity contribution in [2.75, 3.05) is 0 Å². The number of rotatable bonds is 5. The molecule has 0 bridgehead atoms. The summed E-state index contributed by atoms with van der Waals surface area (Å²) in [6.07, 6.45) is 0. The molecular weight excluding hydrogens is 633 g/mol.